The van der Waals surface area contributed by atoms with Crippen molar-refractivity contribution >= 4 is 21.6 Å². The predicted molar refractivity (Wildman–Crippen MR) is 82.1 cm³/mol. The fraction of sp³-hybridized carbons (Fsp3) is 0.429. The average Bonchev–Trinajstić information content (AvgIpc) is 2.41. The van der Waals surface area contributed by atoms with Gasteiger partial charge < -0.3 is 5.32 Å². The predicted octanol–water partition coefficient (Wildman–Crippen LogP) is 2.09. The number of rotatable bonds is 7. The summed E-state index contributed by atoms with van der Waals surface area (Å²) in [6, 6.07) is 4.74. The summed E-state index contributed by atoms with van der Waals surface area (Å²) in [5.74, 6) is 2.31. The van der Waals surface area contributed by atoms with E-state index in [-0.39, 0.29) is 11.4 Å². The van der Waals surface area contributed by atoms with Gasteiger partial charge in [-0.1, -0.05) is 30.5 Å². The summed E-state index contributed by atoms with van der Waals surface area (Å²) in [6.45, 7) is 3.61. The van der Waals surface area contributed by atoms with Crippen LogP contribution in [-0.4, -0.2) is 32.9 Å². The van der Waals surface area contributed by atoms with Gasteiger partial charge in [-0.3, -0.25) is 0 Å². The first-order chi connectivity index (χ1) is 9.43. The normalized spacial score (nSPS) is 11.6. The first-order valence-corrected chi connectivity index (χ1v) is 8.14. The van der Waals surface area contributed by atoms with Gasteiger partial charge in [-0.2, -0.15) is 4.31 Å². The van der Waals surface area contributed by atoms with Crippen LogP contribution in [0.2, 0.25) is 5.02 Å². The summed E-state index contributed by atoms with van der Waals surface area (Å²) in [5.41, 5.74) is 0.874. The number of sulfonamides is 1. The lowest BCUT2D eigenvalue weighted by Gasteiger charge is -2.15. The van der Waals surface area contributed by atoms with Crippen molar-refractivity contribution in [2.75, 3.05) is 20.1 Å². The standard InChI is InChI=1S/C14H19ClN2O2S/c1-4-8-16-11-12-6-7-13(10-14(12)15)20(18,19)17(3)9-5-2/h2,6-7,10,16H,4,8-9,11H2,1,3H3. The summed E-state index contributed by atoms with van der Waals surface area (Å²) in [4.78, 5) is 0.152. The van der Waals surface area contributed by atoms with Gasteiger partial charge in [-0.05, 0) is 30.7 Å². The largest absolute Gasteiger partial charge is 0.313 e. The number of benzene rings is 1. The van der Waals surface area contributed by atoms with E-state index in [1.165, 1.54) is 13.1 Å². The highest BCUT2D eigenvalue weighted by atomic mass is 35.5. The van der Waals surface area contributed by atoms with E-state index in [2.05, 4.69) is 18.2 Å². The SMILES string of the molecule is C#CCN(C)S(=O)(=O)c1ccc(CNCCC)c(Cl)c1. The zero-order valence-electron chi connectivity index (χ0n) is 11.7. The first kappa shape index (κ1) is 17.0. The van der Waals surface area contributed by atoms with Gasteiger partial charge in [0.25, 0.3) is 0 Å². The van der Waals surface area contributed by atoms with E-state index < -0.39 is 10.0 Å². The maximum atomic E-state index is 12.2. The third kappa shape index (κ3) is 4.22. The van der Waals surface area contributed by atoms with Crippen molar-refractivity contribution in [2.24, 2.45) is 0 Å². The first-order valence-electron chi connectivity index (χ1n) is 6.32. The smallest absolute Gasteiger partial charge is 0.243 e. The van der Waals surface area contributed by atoms with E-state index >= 15 is 0 Å². The lowest BCUT2D eigenvalue weighted by molar-refractivity contribution is 0.503. The molecule has 0 bridgehead atoms. The van der Waals surface area contributed by atoms with E-state index in [0.717, 1.165) is 22.8 Å². The fourth-order valence-corrected chi connectivity index (χ4v) is 3.05. The number of hydrogen-bond donors (Lipinski definition) is 1. The van der Waals surface area contributed by atoms with Crippen molar-refractivity contribution in [3.63, 3.8) is 0 Å². The quantitative estimate of drug-likeness (QED) is 0.619. The molecule has 1 aromatic rings. The lowest BCUT2D eigenvalue weighted by Crippen LogP contribution is -2.27. The zero-order valence-corrected chi connectivity index (χ0v) is 13.3. The Balaban J connectivity index is 2.95. The number of nitrogens with zero attached hydrogens (tertiary/aromatic N) is 1. The molecule has 1 rings (SSSR count). The van der Waals surface area contributed by atoms with Crippen LogP contribution in [0.5, 0.6) is 0 Å². The maximum absolute atomic E-state index is 12.2. The molecule has 0 aromatic heterocycles. The fourth-order valence-electron chi connectivity index (χ4n) is 1.63. The Morgan fingerprint density at radius 2 is 2.15 bits per heavy atom. The van der Waals surface area contributed by atoms with Gasteiger partial charge in [0.05, 0.1) is 11.4 Å². The summed E-state index contributed by atoms with van der Waals surface area (Å²) >= 11 is 6.13. The second kappa shape index (κ2) is 7.65. The lowest BCUT2D eigenvalue weighted by atomic mass is 10.2. The molecule has 1 aromatic carbocycles. The van der Waals surface area contributed by atoms with E-state index in [1.54, 1.807) is 12.1 Å². The van der Waals surface area contributed by atoms with Gasteiger partial charge in [-0.15, -0.1) is 6.42 Å². The molecule has 20 heavy (non-hydrogen) atoms. The van der Waals surface area contributed by atoms with Gasteiger partial charge in [-0.25, -0.2) is 8.42 Å². The number of halogens is 1. The summed E-state index contributed by atoms with van der Waals surface area (Å²) in [6.07, 6.45) is 6.16. The Bertz CT molecular complexity index is 594. The minimum absolute atomic E-state index is 0.0275. The molecule has 0 saturated carbocycles. The highest BCUT2D eigenvalue weighted by Gasteiger charge is 2.20. The molecule has 0 aliphatic heterocycles. The van der Waals surface area contributed by atoms with E-state index in [1.807, 2.05) is 0 Å². The van der Waals surface area contributed by atoms with Gasteiger partial charge in [0.15, 0.2) is 0 Å². The van der Waals surface area contributed by atoms with Crippen LogP contribution in [0.4, 0.5) is 0 Å². The molecule has 0 fully saturated rings. The second-order valence-electron chi connectivity index (χ2n) is 4.40. The van der Waals surface area contributed by atoms with E-state index in [0.29, 0.717) is 11.6 Å². The highest BCUT2D eigenvalue weighted by Crippen LogP contribution is 2.22. The van der Waals surface area contributed by atoms with Crippen molar-refractivity contribution in [3.05, 3.63) is 28.8 Å². The Morgan fingerprint density at radius 1 is 1.45 bits per heavy atom. The van der Waals surface area contributed by atoms with Crippen molar-refractivity contribution < 1.29 is 8.42 Å². The topological polar surface area (TPSA) is 49.4 Å². The van der Waals surface area contributed by atoms with Gasteiger partial charge in [0.2, 0.25) is 10.0 Å². The molecular weight excluding hydrogens is 296 g/mol. The molecule has 0 aliphatic carbocycles. The molecule has 4 nitrogen and oxygen atoms in total. The average molecular weight is 315 g/mol. The number of hydrogen-bond acceptors (Lipinski definition) is 3. The molecule has 6 heteroatoms. The molecule has 0 aliphatic rings. The van der Waals surface area contributed by atoms with E-state index in [4.69, 9.17) is 18.0 Å². The van der Waals surface area contributed by atoms with Crippen LogP contribution in [0.1, 0.15) is 18.9 Å². The van der Waals surface area contributed by atoms with Crippen LogP contribution in [0.15, 0.2) is 23.1 Å². The molecule has 0 heterocycles. The van der Waals surface area contributed by atoms with Crippen molar-refractivity contribution in [2.45, 2.75) is 24.8 Å². The van der Waals surface area contributed by atoms with Crippen molar-refractivity contribution in [1.29, 1.82) is 0 Å². The number of nitrogens with one attached hydrogen (secondary N) is 1. The molecule has 110 valence electrons. The second-order valence-corrected chi connectivity index (χ2v) is 6.85. The summed E-state index contributed by atoms with van der Waals surface area (Å²) in [7, 11) is -2.14. The van der Waals surface area contributed by atoms with Crippen LogP contribution in [0.25, 0.3) is 0 Å². The monoisotopic (exact) mass is 314 g/mol. The van der Waals surface area contributed by atoms with Crippen LogP contribution in [0.3, 0.4) is 0 Å². The maximum Gasteiger partial charge on any atom is 0.243 e. The minimum atomic E-state index is -3.58. The Labute approximate surface area is 126 Å². The van der Waals surface area contributed by atoms with Crippen molar-refractivity contribution in [1.82, 2.24) is 9.62 Å². The molecular formula is C14H19ClN2O2S. The van der Waals surface area contributed by atoms with Gasteiger partial charge >= 0.3 is 0 Å². The summed E-state index contributed by atoms with van der Waals surface area (Å²) < 4.78 is 25.5. The van der Waals surface area contributed by atoms with Crippen LogP contribution in [-0.2, 0) is 16.6 Å². The third-order valence-electron chi connectivity index (χ3n) is 2.79. The molecule has 0 radical (unpaired) electrons. The van der Waals surface area contributed by atoms with Gasteiger partial charge in [0.1, 0.15) is 0 Å². The third-order valence-corrected chi connectivity index (χ3v) is 4.94. The summed E-state index contributed by atoms with van der Waals surface area (Å²) in [5, 5.41) is 3.66. The van der Waals surface area contributed by atoms with Crippen molar-refractivity contribution in [3.8, 4) is 12.3 Å². The van der Waals surface area contributed by atoms with Crippen LogP contribution < -0.4 is 5.32 Å². The molecule has 1 N–H and O–H groups in total. The molecule has 0 unspecified atom stereocenters. The Kier molecular flexibility index (Phi) is 6.50. The Hall–Kier alpha value is -1.06. The molecule has 0 spiro atoms. The van der Waals surface area contributed by atoms with Crippen LogP contribution in [0, 0.1) is 12.3 Å². The highest BCUT2D eigenvalue weighted by molar-refractivity contribution is 7.89. The molecule has 0 amide bonds. The number of terminal acetylenes is 1. The van der Waals surface area contributed by atoms with E-state index in [9.17, 15) is 8.42 Å². The van der Waals surface area contributed by atoms with Gasteiger partial charge in [0, 0.05) is 18.6 Å². The van der Waals surface area contributed by atoms with Crippen LogP contribution >= 0.6 is 11.6 Å². The molecule has 0 atom stereocenters. The minimum Gasteiger partial charge on any atom is -0.313 e. The molecule has 0 saturated heterocycles. The Morgan fingerprint density at radius 3 is 2.70 bits per heavy atom. The zero-order chi connectivity index (χ0) is 15.2.